The van der Waals surface area contributed by atoms with Crippen LogP contribution in [0.15, 0.2) is 24.3 Å². The number of thiazole rings is 1. The van der Waals surface area contributed by atoms with Gasteiger partial charge in [0, 0.05) is 19.1 Å². The van der Waals surface area contributed by atoms with E-state index in [0.717, 1.165) is 25.2 Å². The molecule has 3 nitrogen and oxygen atoms in total. The van der Waals surface area contributed by atoms with Gasteiger partial charge in [0.15, 0.2) is 5.13 Å². The predicted molar refractivity (Wildman–Crippen MR) is 87.8 cm³/mol. The topological polar surface area (TPSA) is 28.2 Å². The van der Waals surface area contributed by atoms with E-state index in [1.165, 1.54) is 35.5 Å². The summed E-state index contributed by atoms with van der Waals surface area (Å²) in [4.78, 5) is 7.36. The molecule has 0 bridgehead atoms. The van der Waals surface area contributed by atoms with E-state index in [-0.39, 0.29) is 0 Å². The molecule has 108 valence electrons. The fourth-order valence-electron chi connectivity index (χ4n) is 2.89. The zero-order chi connectivity index (χ0) is 13.8. The average molecular weight is 289 g/mol. The van der Waals surface area contributed by atoms with Crippen molar-refractivity contribution in [1.29, 1.82) is 0 Å². The molecule has 1 aromatic heterocycles. The van der Waals surface area contributed by atoms with Gasteiger partial charge in [-0.15, -0.1) is 0 Å². The van der Waals surface area contributed by atoms with Gasteiger partial charge in [-0.05, 0) is 44.4 Å². The molecule has 0 amide bonds. The monoisotopic (exact) mass is 289 g/mol. The quantitative estimate of drug-likeness (QED) is 0.852. The van der Waals surface area contributed by atoms with Crippen LogP contribution in [0.25, 0.3) is 10.2 Å². The van der Waals surface area contributed by atoms with E-state index >= 15 is 0 Å². The molecule has 2 aromatic rings. The Labute approximate surface area is 125 Å². The maximum atomic E-state index is 4.83. The number of anilines is 1. The Hall–Kier alpha value is -1.13. The lowest BCUT2D eigenvalue weighted by molar-refractivity contribution is 0.435. The maximum absolute atomic E-state index is 4.83. The minimum atomic E-state index is 0.607. The number of para-hydroxylation sites is 1. The van der Waals surface area contributed by atoms with E-state index in [0.29, 0.717) is 6.04 Å². The molecule has 1 aliphatic rings. The van der Waals surface area contributed by atoms with Crippen LogP contribution >= 0.6 is 11.3 Å². The number of piperidine rings is 1. The Morgan fingerprint density at radius 1 is 1.35 bits per heavy atom. The second-order valence-electron chi connectivity index (χ2n) is 5.51. The molecule has 1 aliphatic heterocycles. The number of benzene rings is 1. The van der Waals surface area contributed by atoms with Crippen molar-refractivity contribution in [3.05, 3.63) is 24.3 Å². The predicted octanol–water partition coefficient (Wildman–Crippen LogP) is 3.65. The van der Waals surface area contributed by atoms with Crippen LogP contribution in [0.3, 0.4) is 0 Å². The Balaban J connectivity index is 1.77. The van der Waals surface area contributed by atoms with Crippen LogP contribution in [-0.2, 0) is 0 Å². The highest BCUT2D eigenvalue weighted by Gasteiger charge is 2.24. The zero-order valence-electron chi connectivity index (χ0n) is 12.1. The standard InChI is InChI=1S/C16H23N3S/c1-2-10-17-12-13-7-5-6-11-19(13)16-18-14-8-3-4-9-15(14)20-16/h3-4,8-9,13,17H,2,5-7,10-12H2,1H3. The first-order valence-corrected chi connectivity index (χ1v) is 8.53. The minimum absolute atomic E-state index is 0.607. The van der Waals surface area contributed by atoms with E-state index < -0.39 is 0 Å². The number of rotatable bonds is 5. The van der Waals surface area contributed by atoms with Gasteiger partial charge in [0.25, 0.3) is 0 Å². The maximum Gasteiger partial charge on any atom is 0.186 e. The number of aromatic nitrogens is 1. The first kappa shape index (κ1) is 13.8. The summed E-state index contributed by atoms with van der Waals surface area (Å²) < 4.78 is 1.30. The average Bonchev–Trinajstić information content (AvgIpc) is 2.92. The number of hydrogen-bond donors (Lipinski definition) is 1. The van der Waals surface area contributed by atoms with Crippen LogP contribution in [0.2, 0.25) is 0 Å². The summed E-state index contributed by atoms with van der Waals surface area (Å²) in [5.74, 6) is 0. The Bertz CT molecular complexity index is 518. The van der Waals surface area contributed by atoms with Crippen LogP contribution in [-0.4, -0.2) is 30.7 Å². The third kappa shape index (κ3) is 2.96. The summed E-state index contributed by atoms with van der Waals surface area (Å²) in [5, 5.41) is 4.78. The Kier molecular flexibility index (Phi) is 4.53. The summed E-state index contributed by atoms with van der Waals surface area (Å²) in [6.45, 7) is 5.57. The van der Waals surface area contributed by atoms with E-state index in [9.17, 15) is 0 Å². The van der Waals surface area contributed by atoms with Crippen molar-refractivity contribution in [2.75, 3.05) is 24.5 Å². The lowest BCUT2D eigenvalue weighted by Crippen LogP contribution is -2.45. The molecule has 0 radical (unpaired) electrons. The molecular formula is C16H23N3S. The zero-order valence-corrected chi connectivity index (χ0v) is 13.0. The molecule has 2 heterocycles. The van der Waals surface area contributed by atoms with E-state index in [2.05, 4.69) is 41.4 Å². The number of nitrogens with zero attached hydrogens (tertiary/aromatic N) is 2. The van der Waals surface area contributed by atoms with Crippen LogP contribution in [0, 0.1) is 0 Å². The van der Waals surface area contributed by atoms with Gasteiger partial charge in [0.05, 0.1) is 10.2 Å². The first-order chi connectivity index (χ1) is 9.88. The fourth-order valence-corrected chi connectivity index (χ4v) is 3.96. The van der Waals surface area contributed by atoms with Gasteiger partial charge in [-0.25, -0.2) is 4.98 Å². The molecular weight excluding hydrogens is 266 g/mol. The summed E-state index contributed by atoms with van der Waals surface area (Å²) in [7, 11) is 0. The largest absolute Gasteiger partial charge is 0.344 e. The van der Waals surface area contributed by atoms with Gasteiger partial charge in [-0.2, -0.15) is 0 Å². The SMILES string of the molecule is CCCNCC1CCCCN1c1nc2ccccc2s1. The molecule has 1 aromatic carbocycles. The van der Waals surface area contributed by atoms with Gasteiger partial charge in [-0.1, -0.05) is 30.4 Å². The molecule has 1 unspecified atom stereocenters. The highest BCUT2D eigenvalue weighted by atomic mass is 32.1. The first-order valence-electron chi connectivity index (χ1n) is 7.71. The second-order valence-corrected chi connectivity index (χ2v) is 6.52. The van der Waals surface area contributed by atoms with Crippen molar-refractivity contribution in [2.45, 2.75) is 38.6 Å². The van der Waals surface area contributed by atoms with Crippen LogP contribution in [0.1, 0.15) is 32.6 Å². The Morgan fingerprint density at radius 2 is 2.25 bits per heavy atom. The number of hydrogen-bond acceptors (Lipinski definition) is 4. The normalized spacial score (nSPS) is 19.6. The van der Waals surface area contributed by atoms with Gasteiger partial charge in [0.2, 0.25) is 0 Å². The van der Waals surface area contributed by atoms with Gasteiger partial charge >= 0.3 is 0 Å². The molecule has 3 rings (SSSR count). The van der Waals surface area contributed by atoms with Crippen molar-refractivity contribution < 1.29 is 0 Å². The number of fused-ring (bicyclic) bond motifs is 1. The lowest BCUT2D eigenvalue weighted by Gasteiger charge is -2.35. The van der Waals surface area contributed by atoms with E-state index in [1.54, 1.807) is 0 Å². The van der Waals surface area contributed by atoms with Gasteiger partial charge in [0.1, 0.15) is 0 Å². The van der Waals surface area contributed by atoms with Crippen molar-refractivity contribution in [3.63, 3.8) is 0 Å². The van der Waals surface area contributed by atoms with Crippen molar-refractivity contribution in [3.8, 4) is 0 Å². The summed E-state index contributed by atoms with van der Waals surface area (Å²) in [5.41, 5.74) is 1.14. The minimum Gasteiger partial charge on any atom is -0.344 e. The van der Waals surface area contributed by atoms with Crippen molar-refractivity contribution in [1.82, 2.24) is 10.3 Å². The highest BCUT2D eigenvalue weighted by molar-refractivity contribution is 7.22. The van der Waals surface area contributed by atoms with E-state index in [1.807, 2.05) is 11.3 Å². The van der Waals surface area contributed by atoms with E-state index in [4.69, 9.17) is 4.98 Å². The third-order valence-electron chi connectivity index (χ3n) is 3.96. The van der Waals surface area contributed by atoms with Crippen molar-refractivity contribution in [2.24, 2.45) is 0 Å². The molecule has 1 saturated heterocycles. The molecule has 1 fully saturated rings. The third-order valence-corrected chi connectivity index (χ3v) is 5.04. The van der Waals surface area contributed by atoms with Crippen LogP contribution < -0.4 is 10.2 Å². The molecule has 1 atom stereocenters. The molecule has 0 aliphatic carbocycles. The lowest BCUT2D eigenvalue weighted by atomic mass is 10.0. The summed E-state index contributed by atoms with van der Waals surface area (Å²) in [6, 6.07) is 9.06. The van der Waals surface area contributed by atoms with Gasteiger partial charge < -0.3 is 10.2 Å². The summed E-state index contributed by atoms with van der Waals surface area (Å²) >= 11 is 1.83. The molecule has 20 heavy (non-hydrogen) atoms. The van der Waals surface area contributed by atoms with Gasteiger partial charge in [-0.3, -0.25) is 0 Å². The highest BCUT2D eigenvalue weighted by Crippen LogP contribution is 2.32. The molecule has 0 spiro atoms. The molecule has 0 saturated carbocycles. The summed E-state index contributed by atoms with van der Waals surface area (Å²) in [6.07, 6.45) is 5.13. The molecule has 1 N–H and O–H groups in total. The fraction of sp³-hybridized carbons (Fsp3) is 0.562. The van der Waals surface area contributed by atoms with Crippen LogP contribution in [0.4, 0.5) is 5.13 Å². The second kappa shape index (κ2) is 6.55. The van der Waals surface area contributed by atoms with Crippen LogP contribution in [0.5, 0.6) is 0 Å². The number of nitrogens with one attached hydrogen (secondary N) is 1. The van der Waals surface area contributed by atoms with Crippen molar-refractivity contribution >= 4 is 26.7 Å². The molecule has 4 heteroatoms. The smallest absolute Gasteiger partial charge is 0.186 e. The Morgan fingerprint density at radius 3 is 3.10 bits per heavy atom.